The number of hydrogen-bond donors (Lipinski definition) is 0. The minimum absolute atomic E-state index is 0.358. The molecule has 2 aromatic rings. The minimum atomic E-state index is 0.358. The van der Waals surface area contributed by atoms with Gasteiger partial charge >= 0.3 is 0 Å². The number of amides is 1. The molecular weight excluding hydrogens is 346 g/mol. The Morgan fingerprint density at radius 1 is 1.07 bits per heavy atom. The van der Waals surface area contributed by atoms with Crippen LogP contribution in [0.2, 0.25) is 0 Å². The molecule has 4 nitrogen and oxygen atoms in total. The summed E-state index contributed by atoms with van der Waals surface area (Å²) in [7, 11) is 2.13. The van der Waals surface area contributed by atoms with Gasteiger partial charge in [-0.15, -0.1) is 0 Å². The number of carbonyl (C=O) groups is 1. The van der Waals surface area contributed by atoms with Crippen molar-refractivity contribution in [2.45, 2.75) is 57.9 Å². The van der Waals surface area contributed by atoms with Gasteiger partial charge in [0.25, 0.3) is 0 Å². The smallest absolute Gasteiger partial charge is 0.223 e. The summed E-state index contributed by atoms with van der Waals surface area (Å²) >= 11 is 0. The van der Waals surface area contributed by atoms with Gasteiger partial charge in [0.2, 0.25) is 5.91 Å². The van der Waals surface area contributed by atoms with Crippen LogP contribution in [-0.4, -0.2) is 46.5 Å². The molecule has 2 heterocycles. The van der Waals surface area contributed by atoms with E-state index >= 15 is 0 Å². The van der Waals surface area contributed by atoms with Gasteiger partial charge in [0.1, 0.15) is 0 Å². The van der Waals surface area contributed by atoms with E-state index in [1.807, 2.05) is 0 Å². The fraction of sp³-hybridized carbons (Fsp3) is 0.625. The van der Waals surface area contributed by atoms with E-state index in [1.165, 1.54) is 74.6 Å². The summed E-state index contributed by atoms with van der Waals surface area (Å²) in [6.45, 7) is 4.98. The van der Waals surface area contributed by atoms with Crippen LogP contribution in [0, 0.1) is 5.92 Å². The van der Waals surface area contributed by atoms with Crippen LogP contribution in [0.5, 0.6) is 0 Å². The first-order valence-corrected chi connectivity index (χ1v) is 11.2. The van der Waals surface area contributed by atoms with Crippen LogP contribution in [0.4, 0.5) is 0 Å². The van der Waals surface area contributed by atoms with E-state index < -0.39 is 0 Å². The molecule has 1 amide bonds. The average Bonchev–Trinajstić information content (AvgIpc) is 3.34. The molecule has 0 atom stereocenters. The maximum absolute atomic E-state index is 13.2. The average molecular weight is 382 g/mol. The Morgan fingerprint density at radius 3 is 2.57 bits per heavy atom. The number of para-hydroxylation sites is 1. The highest BCUT2D eigenvalue weighted by Gasteiger charge is 2.23. The molecule has 1 aromatic heterocycles. The van der Waals surface area contributed by atoms with Crippen molar-refractivity contribution in [2.24, 2.45) is 13.0 Å². The van der Waals surface area contributed by atoms with Crippen LogP contribution < -0.4 is 0 Å². The van der Waals surface area contributed by atoms with Crippen LogP contribution in [0.3, 0.4) is 0 Å². The zero-order chi connectivity index (χ0) is 19.3. The Bertz CT molecular complexity index is 784. The van der Waals surface area contributed by atoms with Crippen LogP contribution in [0.15, 0.2) is 30.3 Å². The molecule has 1 saturated heterocycles. The molecule has 1 aliphatic heterocycles. The Labute approximate surface area is 169 Å². The van der Waals surface area contributed by atoms with Gasteiger partial charge in [-0.3, -0.25) is 4.79 Å². The lowest BCUT2D eigenvalue weighted by Crippen LogP contribution is -2.38. The third-order valence-corrected chi connectivity index (χ3v) is 6.83. The van der Waals surface area contributed by atoms with Crippen molar-refractivity contribution in [3.8, 4) is 0 Å². The number of fused-ring (bicyclic) bond motifs is 1. The number of carbonyl (C=O) groups excluding carboxylic acids is 1. The normalized spacial score (nSPS) is 18.8. The molecule has 4 rings (SSSR count). The van der Waals surface area contributed by atoms with E-state index in [4.69, 9.17) is 0 Å². The summed E-state index contributed by atoms with van der Waals surface area (Å²) in [5.74, 6) is 0.958. The van der Waals surface area contributed by atoms with Crippen LogP contribution in [0.1, 0.15) is 57.1 Å². The van der Waals surface area contributed by atoms with E-state index in [2.05, 4.69) is 51.7 Å². The van der Waals surface area contributed by atoms with E-state index in [9.17, 15) is 4.79 Å². The third-order valence-electron chi connectivity index (χ3n) is 6.83. The van der Waals surface area contributed by atoms with Crippen molar-refractivity contribution in [2.75, 3.05) is 26.2 Å². The van der Waals surface area contributed by atoms with Crippen molar-refractivity contribution in [3.63, 3.8) is 0 Å². The Morgan fingerprint density at radius 2 is 1.82 bits per heavy atom. The van der Waals surface area contributed by atoms with E-state index in [0.29, 0.717) is 11.8 Å². The predicted octanol–water partition coefficient (Wildman–Crippen LogP) is 4.57. The molecule has 0 N–H and O–H groups in total. The second kappa shape index (κ2) is 9.13. The van der Waals surface area contributed by atoms with Crippen LogP contribution in [-0.2, 0) is 18.4 Å². The minimum Gasteiger partial charge on any atom is -0.346 e. The highest BCUT2D eigenvalue weighted by Crippen LogP contribution is 2.27. The Balaban J connectivity index is 1.47. The molecule has 0 radical (unpaired) electrons. The van der Waals surface area contributed by atoms with Gasteiger partial charge in [-0.25, -0.2) is 0 Å². The number of aromatic nitrogens is 1. The molecule has 2 fully saturated rings. The fourth-order valence-corrected chi connectivity index (χ4v) is 5.02. The van der Waals surface area contributed by atoms with E-state index in [-0.39, 0.29) is 0 Å². The molecule has 152 valence electrons. The maximum Gasteiger partial charge on any atom is 0.223 e. The Kier molecular flexibility index (Phi) is 6.36. The summed E-state index contributed by atoms with van der Waals surface area (Å²) < 4.78 is 2.26. The molecule has 2 aliphatic rings. The van der Waals surface area contributed by atoms with Crippen LogP contribution >= 0.6 is 0 Å². The van der Waals surface area contributed by atoms with Crippen molar-refractivity contribution in [3.05, 3.63) is 36.0 Å². The first-order valence-electron chi connectivity index (χ1n) is 11.2. The molecule has 0 spiro atoms. The zero-order valence-corrected chi connectivity index (χ0v) is 17.4. The number of aryl methyl sites for hydroxylation is 1. The summed E-state index contributed by atoms with van der Waals surface area (Å²) in [6.07, 6.45) is 9.77. The maximum atomic E-state index is 13.2. The second-order valence-electron chi connectivity index (χ2n) is 8.83. The van der Waals surface area contributed by atoms with E-state index in [1.54, 1.807) is 0 Å². The van der Waals surface area contributed by atoms with Gasteiger partial charge < -0.3 is 14.4 Å². The number of hydrogen-bond acceptors (Lipinski definition) is 2. The van der Waals surface area contributed by atoms with Gasteiger partial charge in [-0.2, -0.15) is 0 Å². The van der Waals surface area contributed by atoms with Crippen molar-refractivity contribution in [1.29, 1.82) is 0 Å². The SMILES string of the molecule is Cn1c(CN(CCN2CCCC2)C(=O)CC2CCCCC2)cc2ccccc21. The third kappa shape index (κ3) is 4.60. The summed E-state index contributed by atoms with van der Waals surface area (Å²) in [6, 6.07) is 10.8. The van der Waals surface area contributed by atoms with Gasteiger partial charge in [-0.1, -0.05) is 37.5 Å². The van der Waals surface area contributed by atoms with Crippen molar-refractivity contribution >= 4 is 16.8 Å². The van der Waals surface area contributed by atoms with Gasteiger partial charge in [-0.05, 0) is 62.2 Å². The highest BCUT2D eigenvalue weighted by molar-refractivity contribution is 5.81. The van der Waals surface area contributed by atoms with Crippen LogP contribution in [0.25, 0.3) is 10.9 Å². The standard InChI is InChI=1S/C24H35N3O/c1-25-22(18-21-11-5-6-12-23(21)25)19-27(16-15-26-13-7-8-14-26)24(28)17-20-9-3-2-4-10-20/h5-6,11-12,18,20H,2-4,7-10,13-17,19H2,1H3. The van der Waals surface area contributed by atoms with Crippen molar-refractivity contribution < 1.29 is 4.79 Å². The lowest BCUT2D eigenvalue weighted by Gasteiger charge is -2.28. The first-order chi connectivity index (χ1) is 13.7. The van der Waals surface area contributed by atoms with Gasteiger partial charge in [0.05, 0.1) is 6.54 Å². The lowest BCUT2D eigenvalue weighted by molar-refractivity contribution is -0.133. The zero-order valence-electron chi connectivity index (χ0n) is 17.4. The van der Waals surface area contributed by atoms with Crippen molar-refractivity contribution in [1.82, 2.24) is 14.4 Å². The number of benzene rings is 1. The lowest BCUT2D eigenvalue weighted by atomic mass is 9.86. The molecule has 0 unspecified atom stereocenters. The molecule has 0 bridgehead atoms. The molecule has 1 aromatic carbocycles. The molecular formula is C24H35N3O. The Hall–Kier alpha value is -1.81. The fourth-order valence-electron chi connectivity index (χ4n) is 5.02. The number of likely N-dealkylation sites (tertiary alicyclic amines) is 1. The first kappa shape index (κ1) is 19.5. The molecule has 4 heteroatoms. The van der Waals surface area contributed by atoms with Gasteiger partial charge in [0, 0.05) is 37.8 Å². The molecule has 1 aliphatic carbocycles. The topological polar surface area (TPSA) is 28.5 Å². The second-order valence-corrected chi connectivity index (χ2v) is 8.83. The summed E-state index contributed by atoms with van der Waals surface area (Å²) in [5.41, 5.74) is 2.48. The quantitative estimate of drug-likeness (QED) is 0.703. The molecule has 1 saturated carbocycles. The molecule has 28 heavy (non-hydrogen) atoms. The largest absolute Gasteiger partial charge is 0.346 e. The summed E-state index contributed by atoms with van der Waals surface area (Å²) in [5, 5.41) is 1.26. The highest BCUT2D eigenvalue weighted by atomic mass is 16.2. The number of rotatable bonds is 7. The van der Waals surface area contributed by atoms with E-state index in [0.717, 1.165) is 26.1 Å². The monoisotopic (exact) mass is 381 g/mol. The predicted molar refractivity (Wildman–Crippen MR) is 115 cm³/mol. The van der Waals surface area contributed by atoms with Gasteiger partial charge in [0.15, 0.2) is 0 Å². The number of nitrogens with zero attached hydrogens (tertiary/aromatic N) is 3. The summed E-state index contributed by atoms with van der Waals surface area (Å²) in [4.78, 5) is 17.9.